The van der Waals surface area contributed by atoms with E-state index >= 15 is 0 Å². The van der Waals surface area contributed by atoms with Gasteiger partial charge >= 0.3 is 5.97 Å². The molecule has 1 amide bonds. The number of carbonyl (C=O) groups excluding carboxylic acids is 2. The van der Waals surface area contributed by atoms with Crippen molar-refractivity contribution in [3.8, 4) is 0 Å². The van der Waals surface area contributed by atoms with Gasteiger partial charge in [0.1, 0.15) is 17.6 Å². The first-order chi connectivity index (χ1) is 11.5. The molecule has 0 saturated heterocycles. The van der Waals surface area contributed by atoms with Crippen LogP contribution in [0.15, 0.2) is 27.6 Å². The van der Waals surface area contributed by atoms with Crippen molar-refractivity contribution in [3.63, 3.8) is 0 Å². The molecule has 24 heavy (non-hydrogen) atoms. The maximum Gasteiger partial charge on any atom is 0.305 e. The number of amides is 1. The fraction of sp³-hybridized carbons (Fsp3) is 0.500. The second kappa shape index (κ2) is 11.2. The summed E-state index contributed by atoms with van der Waals surface area (Å²) in [6, 6.07) is 1.26. The van der Waals surface area contributed by atoms with Crippen LogP contribution in [0.5, 0.6) is 0 Å². The molecular weight excluding hydrogens is 310 g/mol. The molecule has 0 aromatic carbocycles. The van der Waals surface area contributed by atoms with Crippen LogP contribution in [0, 0.1) is 0 Å². The molecule has 132 valence electrons. The molecule has 0 fully saturated rings. The van der Waals surface area contributed by atoms with Gasteiger partial charge in [-0.15, -0.1) is 0 Å². The molecule has 0 atom stereocenters. The highest BCUT2D eigenvalue weighted by Crippen LogP contribution is 2.10. The van der Waals surface area contributed by atoms with Gasteiger partial charge in [-0.3, -0.25) is 14.4 Å². The summed E-state index contributed by atoms with van der Waals surface area (Å²) in [5.74, 6) is -0.519. The van der Waals surface area contributed by atoms with Gasteiger partial charge in [0.25, 0.3) is 5.91 Å². The molecule has 0 saturated carbocycles. The normalized spacial score (nSPS) is 10.9. The van der Waals surface area contributed by atoms with E-state index in [4.69, 9.17) is 10.2 Å². The monoisotopic (exact) mass is 335 g/mol. The number of methoxy groups -OCH3 is 1. The number of unbranched alkanes of at least 4 members (excludes halogenated alkanes) is 6. The second-order valence-corrected chi connectivity index (χ2v) is 5.56. The summed E-state index contributed by atoms with van der Waals surface area (Å²) in [5, 5.41) is 0. The van der Waals surface area contributed by atoms with Gasteiger partial charge in [0.15, 0.2) is 5.43 Å². The quantitative estimate of drug-likeness (QED) is 0.495. The van der Waals surface area contributed by atoms with Crippen LogP contribution in [0.4, 0.5) is 0 Å². The Bertz CT molecular complexity index is 618. The predicted molar refractivity (Wildman–Crippen MR) is 91.5 cm³/mol. The van der Waals surface area contributed by atoms with Crippen molar-refractivity contribution in [3.05, 3.63) is 40.0 Å². The molecule has 2 N–H and O–H groups in total. The zero-order valence-corrected chi connectivity index (χ0v) is 14.1. The van der Waals surface area contributed by atoms with E-state index in [0.29, 0.717) is 12.2 Å². The molecule has 0 unspecified atom stereocenters. The van der Waals surface area contributed by atoms with Crippen molar-refractivity contribution in [1.29, 1.82) is 0 Å². The van der Waals surface area contributed by atoms with Crippen molar-refractivity contribution >= 4 is 18.0 Å². The van der Waals surface area contributed by atoms with Crippen LogP contribution in [-0.2, 0) is 9.53 Å². The van der Waals surface area contributed by atoms with Crippen LogP contribution in [0.25, 0.3) is 6.08 Å². The molecule has 0 radical (unpaired) electrons. The van der Waals surface area contributed by atoms with E-state index in [2.05, 4.69) is 4.74 Å². The first-order valence-electron chi connectivity index (χ1n) is 8.20. The van der Waals surface area contributed by atoms with Gasteiger partial charge in [-0.25, -0.2) is 0 Å². The number of hydrogen-bond donors (Lipinski definition) is 1. The summed E-state index contributed by atoms with van der Waals surface area (Å²) in [6.45, 7) is 0. The molecule has 6 heteroatoms. The van der Waals surface area contributed by atoms with Gasteiger partial charge in [-0.2, -0.15) is 0 Å². The number of ether oxygens (including phenoxy) is 1. The topological polar surface area (TPSA) is 99.6 Å². The maximum absolute atomic E-state index is 11.6. The number of carbonyl (C=O) groups is 2. The fourth-order valence-electron chi connectivity index (χ4n) is 2.23. The Balaban J connectivity index is 2.14. The fourth-order valence-corrected chi connectivity index (χ4v) is 2.23. The zero-order chi connectivity index (χ0) is 17.8. The summed E-state index contributed by atoms with van der Waals surface area (Å²) in [6.07, 6.45) is 12.5. The minimum atomic E-state index is -0.786. The SMILES string of the molecule is COC(=O)CCCCCCCC/C=C/c1cc(=O)c(C(N)=O)co1. The maximum atomic E-state index is 11.6. The molecule has 0 aliphatic rings. The van der Waals surface area contributed by atoms with Gasteiger partial charge in [0.2, 0.25) is 0 Å². The zero-order valence-electron chi connectivity index (χ0n) is 14.1. The Morgan fingerprint density at radius 3 is 2.46 bits per heavy atom. The van der Waals surface area contributed by atoms with Gasteiger partial charge < -0.3 is 14.9 Å². The number of nitrogens with two attached hydrogens (primary N) is 1. The standard InChI is InChI=1S/C18H25NO5/c1-23-17(21)11-9-7-5-3-2-4-6-8-10-14-12-16(20)15(13-24-14)18(19)22/h8,10,12-13H,2-7,9,11H2,1H3,(H2,19,22)/b10-8+. The van der Waals surface area contributed by atoms with E-state index in [1.165, 1.54) is 13.2 Å². The molecule has 1 aromatic heterocycles. The van der Waals surface area contributed by atoms with Crippen LogP contribution >= 0.6 is 0 Å². The van der Waals surface area contributed by atoms with Crippen LogP contribution in [0.2, 0.25) is 0 Å². The van der Waals surface area contributed by atoms with E-state index in [1.807, 2.05) is 6.08 Å². The molecule has 0 aliphatic heterocycles. The Kier molecular flexibility index (Phi) is 9.19. The highest BCUT2D eigenvalue weighted by atomic mass is 16.5. The molecule has 0 spiro atoms. The van der Waals surface area contributed by atoms with E-state index < -0.39 is 11.3 Å². The summed E-state index contributed by atoms with van der Waals surface area (Å²) in [5.41, 5.74) is 4.48. The summed E-state index contributed by atoms with van der Waals surface area (Å²) in [7, 11) is 1.41. The lowest BCUT2D eigenvalue weighted by atomic mass is 10.1. The lowest BCUT2D eigenvalue weighted by molar-refractivity contribution is -0.140. The third-order valence-electron chi connectivity index (χ3n) is 3.63. The van der Waals surface area contributed by atoms with Crippen molar-refractivity contribution in [2.75, 3.05) is 7.11 Å². The Morgan fingerprint density at radius 1 is 1.17 bits per heavy atom. The summed E-state index contributed by atoms with van der Waals surface area (Å²) < 4.78 is 9.76. The minimum absolute atomic E-state index is 0.139. The average molecular weight is 335 g/mol. The van der Waals surface area contributed by atoms with Crippen molar-refractivity contribution in [2.24, 2.45) is 5.73 Å². The van der Waals surface area contributed by atoms with E-state index in [-0.39, 0.29) is 11.5 Å². The third kappa shape index (κ3) is 7.76. The molecule has 0 aliphatic carbocycles. The number of esters is 1. The molecule has 0 bridgehead atoms. The Labute approximate surface area is 141 Å². The van der Waals surface area contributed by atoms with Crippen LogP contribution in [0.1, 0.15) is 67.5 Å². The number of rotatable bonds is 11. The summed E-state index contributed by atoms with van der Waals surface area (Å²) >= 11 is 0. The first-order valence-corrected chi connectivity index (χ1v) is 8.20. The van der Waals surface area contributed by atoms with E-state index in [0.717, 1.165) is 51.2 Å². The van der Waals surface area contributed by atoms with E-state index in [1.54, 1.807) is 6.08 Å². The van der Waals surface area contributed by atoms with E-state index in [9.17, 15) is 14.4 Å². The van der Waals surface area contributed by atoms with Crippen LogP contribution < -0.4 is 11.2 Å². The summed E-state index contributed by atoms with van der Waals surface area (Å²) in [4.78, 5) is 33.4. The van der Waals surface area contributed by atoms with Crippen LogP contribution in [0.3, 0.4) is 0 Å². The molecular formula is C18H25NO5. The van der Waals surface area contributed by atoms with Gasteiger partial charge in [0, 0.05) is 12.5 Å². The number of primary amides is 1. The predicted octanol–water partition coefficient (Wildman–Crippen LogP) is 3.05. The lowest BCUT2D eigenvalue weighted by Gasteiger charge is -2.00. The highest BCUT2D eigenvalue weighted by molar-refractivity contribution is 5.92. The molecule has 1 rings (SSSR count). The third-order valence-corrected chi connectivity index (χ3v) is 3.63. The molecule has 6 nitrogen and oxygen atoms in total. The number of hydrogen-bond acceptors (Lipinski definition) is 5. The minimum Gasteiger partial charge on any atom is -0.469 e. The first kappa shape index (κ1) is 19.7. The molecule has 1 aromatic rings. The van der Waals surface area contributed by atoms with Crippen LogP contribution in [-0.4, -0.2) is 19.0 Å². The van der Waals surface area contributed by atoms with Crippen molar-refractivity contribution in [1.82, 2.24) is 0 Å². The highest BCUT2D eigenvalue weighted by Gasteiger charge is 2.06. The second-order valence-electron chi connectivity index (χ2n) is 5.56. The largest absolute Gasteiger partial charge is 0.469 e. The number of allylic oxidation sites excluding steroid dienone is 1. The lowest BCUT2D eigenvalue weighted by Crippen LogP contribution is -2.20. The van der Waals surface area contributed by atoms with Gasteiger partial charge in [-0.1, -0.05) is 31.8 Å². The van der Waals surface area contributed by atoms with Gasteiger partial charge in [-0.05, 0) is 25.3 Å². The van der Waals surface area contributed by atoms with Crippen molar-refractivity contribution < 1.29 is 18.7 Å². The van der Waals surface area contributed by atoms with Crippen molar-refractivity contribution in [2.45, 2.75) is 51.4 Å². The Hall–Kier alpha value is -2.37. The van der Waals surface area contributed by atoms with Gasteiger partial charge in [0.05, 0.1) is 7.11 Å². The Morgan fingerprint density at radius 2 is 1.83 bits per heavy atom. The smallest absolute Gasteiger partial charge is 0.305 e. The average Bonchev–Trinajstić information content (AvgIpc) is 2.56. The molecule has 1 heterocycles.